The van der Waals surface area contributed by atoms with Gasteiger partial charge in [-0.15, -0.1) is 0 Å². The molecule has 2 saturated heterocycles. The summed E-state index contributed by atoms with van der Waals surface area (Å²) in [5.74, 6) is -0.00557. The lowest BCUT2D eigenvalue weighted by molar-refractivity contribution is -0.131. The van der Waals surface area contributed by atoms with E-state index in [9.17, 15) is 13.2 Å². The smallest absolute Gasteiger partial charge is 0.243 e. The van der Waals surface area contributed by atoms with Crippen molar-refractivity contribution in [3.63, 3.8) is 0 Å². The number of halogens is 1. The van der Waals surface area contributed by atoms with Crippen molar-refractivity contribution < 1.29 is 17.9 Å². The topological polar surface area (TPSA) is 70.2 Å². The SMILES string of the molecule is CC(=O)N(CCCN1CCOCC1)C1CCN(S(=O)(=O)c2cccc(Cl)c2)C1. The highest BCUT2D eigenvalue weighted by molar-refractivity contribution is 7.89. The Bertz CT molecular complexity index is 783. The van der Waals surface area contributed by atoms with Gasteiger partial charge in [-0.1, -0.05) is 17.7 Å². The molecular formula is C19H28ClN3O4S. The number of carbonyl (C=O) groups excluding carboxylic acids is 1. The van der Waals surface area contributed by atoms with Crippen LogP contribution in [0.3, 0.4) is 0 Å². The van der Waals surface area contributed by atoms with E-state index in [1.807, 2.05) is 4.90 Å². The third-order valence-corrected chi connectivity index (χ3v) is 7.48. The predicted molar refractivity (Wildman–Crippen MR) is 108 cm³/mol. The summed E-state index contributed by atoms with van der Waals surface area (Å²) in [7, 11) is -3.60. The zero-order chi connectivity index (χ0) is 20.1. The maximum atomic E-state index is 12.9. The van der Waals surface area contributed by atoms with Crippen LogP contribution in [0.2, 0.25) is 5.02 Å². The van der Waals surface area contributed by atoms with Crippen molar-refractivity contribution in [2.75, 3.05) is 52.5 Å². The number of benzene rings is 1. The molecule has 1 aromatic rings. The molecular weight excluding hydrogens is 402 g/mol. The molecule has 1 aromatic carbocycles. The van der Waals surface area contributed by atoms with Gasteiger partial charge in [-0.05, 0) is 31.0 Å². The van der Waals surface area contributed by atoms with Crippen molar-refractivity contribution >= 4 is 27.5 Å². The molecule has 1 amide bonds. The molecule has 1 unspecified atom stereocenters. The number of morpholine rings is 1. The van der Waals surface area contributed by atoms with Crippen molar-refractivity contribution in [1.82, 2.24) is 14.1 Å². The van der Waals surface area contributed by atoms with Crippen LogP contribution in [0.5, 0.6) is 0 Å². The standard InChI is InChI=1S/C19H28ClN3O4S/c1-16(24)23(8-3-7-21-10-12-27-13-11-21)18-6-9-22(15-18)28(25,26)19-5-2-4-17(20)14-19/h2,4-5,14,18H,3,6-13,15H2,1H3. The number of nitrogens with zero attached hydrogens (tertiary/aromatic N) is 3. The highest BCUT2D eigenvalue weighted by Gasteiger charge is 2.36. The van der Waals surface area contributed by atoms with E-state index >= 15 is 0 Å². The van der Waals surface area contributed by atoms with E-state index in [-0.39, 0.29) is 16.8 Å². The Labute approximate surface area is 172 Å². The summed E-state index contributed by atoms with van der Waals surface area (Å²) in [6.07, 6.45) is 1.52. The van der Waals surface area contributed by atoms with Gasteiger partial charge in [0.05, 0.1) is 18.1 Å². The van der Waals surface area contributed by atoms with E-state index in [0.717, 1.165) is 39.3 Å². The van der Waals surface area contributed by atoms with Crippen LogP contribution in [0, 0.1) is 0 Å². The zero-order valence-corrected chi connectivity index (χ0v) is 17.8. The highest BCUT2D eigenvalue weighted by Crippen LogP contribution is 2.25. The Hall–Kier alpha value is -1.19. The predicted octanol–water partition coefficient (Wildman–Crippen LogP) is 1.67. The second-order valence-corrected chi connectivity index (χ2v) is 9.66. The first-order chi connectivity index (χ1) is 13.4. The van der Waals surface area contributed by atoms with E-state index in [0.29, 0.717) is 31.1 Å². The summed E-state index contributed by atoms with van der Waals surface area (Å²) in [5, 5.41) is 0.394. The largest absolute Gasteiger partial charge is 0.379 e. The molecule has 9 heteroatoms. The van der Waals surface area contributed by atoms with Crippen molar-refractivity contribution in [2.24, 2.45) is 0 Å². The molecule has 156 valence electrons. The average Bonchev–Trinajstić information content (AvgIpc) is 3.16. The number of carbonyl (C=O) groups is 1. The molecule has 0 aromatic heterocycles. The molecule has 2 heterocycles. The van der Waals surface area contributed by atoms with Gasteiger partial charge in [-0.3, -0.25) is 9.69 Å². The third kappa shape index (κ3) is 5.24. The second-order valence-electron chi connectivity index (χ2n) is 7.28. The molecule has 0 bridgehead atoms. The lowest BCUT2D eigenvalue weighted by Crippen LogP contribution is -2.43. The fourth-order valence-corrected chi connectivity index (χ4v) is 5.64. The highest BCUT2D eigenvalue weighted by atomic mass is 35.5. The summed E-state index contributed by atoms with van der Waals surface area (Å²) in [4.78, 5) is 16.6. The van der Waals surface area contributed by atoms with Gasteiger partial charge in [0.15, 0.2) is 0 Å². The number of rotatable bonds is 7. The minimum Gasteiger partial charge on any atom is -0.379 e. The Morgan fingerprint density at radius 2 is 2.04 bits per heavy atom. The molecule has 3 rings (SSSR count). The lowest BCUT2D eigenvalue weighted by Gasteiger charge is -2.30. The number of amides is 1. The molecule has 2 aliphatic rings. The summed E-state index contributed by atoms with van der Waals surface area (Å²) >= 11 is 5.95. The van der Waals surface area contributed by atoms with Crippen LogP contribution in [-0.4, -0.2) is 87.0 Å². The molecule has 0 radical (unpaired) electrons. The third-order valence-electron chi connectivity index (χ3n) is 5.38. The number of hydrogen-bond donors (Lipinski definition) is 0. The molecule has 2 fully saturated rings. The van der Waals surface area contributed by atoms with E-state index in [2.05, 4.69) is 4.90 Å². The van der Waals surface area contributed by atoms with Crippen LogP contribution in [-0.2, 0) is 19.6 Å². The van der Waals surface area contributed by atoms with E-state index in [1.54, 1.807) is 25.1 Å². The molecule has 2 aliphatic heterocycles. The van der Waals surface area contributed by atoms with Crippen molar-refractivity contribution in [2.45, 2.75) is 30.7 Å². The van der Waals surface area contributed by atoms with Gasteiger partial charge in [0.25, 0.3) is 0 Å². The summed E-state index contributed by atoms with van der Waals surface area (Å²) in [6, 6.07) is 6.22. The minimum absolute atomic E-state index is 0.00557. The van der Waals surface area contributed by atoms with Crippen LogP contribution < -0.4 is 0 Å². The number of ether oxygens (including phenoxy) is 1. The van der Waals surface area contributed by atoms with Gasteiger partial charge < -0.3 is 9.64 Å². The fraction of sp³-hybridized carbons (Fsp3) is 0.632. The van der Waals surface area contributed by atoms with Crippen LogP contribution in [0.15, 0.2) is 29.2 Å². The van der Waals surface area contributed by atoms with Gasteiger partial charge in [0, 0.05) is 57.3 Å². The van der Waals surface area contributed by atoms with E-state index in [1.165, 1.54) is 10.4 Å². The lowest BCUT2D eigenvalue weighted by atomic mass is 10.2. The van der Waals surface area contributed by atoms with Gasteiger partial charge in [-0.2, -0.15) is 4.31 Å². The fourth-order valence-electron chi connectivity index (χ4n) is 3.85. The molecule has 7 nitrogen and oxygen atoms in total. The molecule has 0 saturated carbocycles. The van der Waals surface area contributed by atoms with Crippen molar-refractivity contribution in [3.05, 3.63) is 29.3 Å². The molecule has 0 N–H and O–H groups in total. The van der Waals surface area contributed by atoms with Gasteiger partial charge >= 0.3 is 0 Å². The Balaban J connectivity index is 1.58. The first-order valence-electron chi connectivity index (χ1n) is 9.71. The van der Waals surface area contributed by atoms with Gasteiger partial charge in [-0.25, -0.2) is 8.42 Å². The Morgan fingerprint density at radius 1 is 1.29 bits per heavy atom. The Kier molecular flexibility index (Phi) is 7.33. The Morgan fingerprint density at radius 3 is 2.71 bits per heavy atom. The zero-order valence-electron chi connectivity index (χ0n) is 16.2. The van der Waals surface area contributed by atoms with Gasteiger partial charge in [0.2, 0.25) is 15.9 Å². The van der Waals surface area contributed by atoms with Gasteiger partial charge in [0.1, 0.15) is 0 Å². The molecule has 0 spiro atoms. The monoisotopic (exact) mass is 429 g/mol. The maximum Gasteiger partial charge on any atom is 0.243 e. The number of hydrogen-bond acceptors (Lipinski definition) is 5. The van der Waals surface area contributed by atoms with Crippen LogP contribution in [0.25, 0.3) is 0 Å². The summed E-state index contributed by atoms with van der Waals surface area (Å²) in [6.45, 7) is 7.23. The summed E-state index contributed by atoms with van der Waals surface area (Å²) < 4.78 is 32.6. The summed E-state index contributed by atoms with van der Waals surface area (Å²) in [5.41, 5.74) is 0. The van der Waals surface area contributed by atoms with Crippen LogP contribution in [0.1, 0.15) is 19.8 Å². The molecule has 0 aliphatic carbocycles. The van der Waals surface area contributed by atoms with Crippen LogP contribution >= 0.6 is 11.6 Å². The van der Waals surface area contributed by atoms with E-state index in [4.69, 9.17) is 16.3 Å². The minimum atomic E-state index is -3.60. The normalized spacial score (nSPS) is 21.7. The quantitative estimate of drug-likeness (QED) is 0.659. The molecule has 1 atom stereocenters. The van der Waals surface area contributed by atoms with Crippen LogP contribution in [0.4, 0.5) is 0 Å². The maximum absolute atomic E-state index is 12.9. The first kappa shape index (κ1) is 21.5. The van der Waals surface area contributed by atoms with Crippen molar-refractivity contribution in [1.29, 1.82) is 0 Å². The number of sulfonamides is 1. The molecule has 28 heavy (non-hydrogen) atoms. The first-order valence-corrected chi connectivity index (χ1v) is 11.5. The second kappa shape index (κ2) is 9.54. The van der Waals surface area contributed by atoms with E-state index < -0.39 is 10.0 Å². The average molecular weight is 430 g/mol. The van der Waals surface area contributed by atoms with Crippen molar-refractivity contribution in [3.8, 4) is 0 Å².